The van der Waals surface area contributed by atoms with Crippen molar-refractivity contribution in [3.05, 3.63) is 23.7 Å². The molecule has 4 heteroatoms. The highest BCUT2D eigenvalue weighted by atomic mass is 35.5. The lowest BCUT2D eigenvalue weighted by Crippen LogP contribution is -2.40. The van der Waals surface area contributed by atoms with Gasteiger partial charge >= 0.3 is 0 Å². The van der Waals surface area contributed by atoms with Crippen LogP contribution in [0.1, 0.15) is 37.1 Å². The van der Waals surface area contributed by atoms with Gasteiger partial charge in [-0.2, -0.15) is 0 Å². The number of halogens is 1. The molecular formula is C10H14ClNO2. The molecule has 0 saturated carbocycles. The first-order valence-corrected chi connectivity index (χ1v) is 4.93. The predicted octanol–water partition coefficient (Wildman–Crippen LogP) is 2.55. The molecule has 0 aliphatic carbocycles. The number of carbonyl (C=O) groups excluding carboxylic acids is 1. The van der Waals surface area contributed by atoms with Gasteiger partial charge in [-0.25, -0.2) is 0 Å². The second-order valence-electron chi connectivity index (χ2n) is 4.10. The molecule has 78 valence electrons. The van der Waals surface area contributed by atoms with E-state index in [9.17, 15) is 4.79 Å². The molecule has 3 nitrogen and oxygen atoms in total. The zero-order valence-electron chi connectivity index (χ0n) is 8.56. The highest BCUT2D eigenvalue weighted by Crippen LogP contribution is 2.11. The van der Waals surface area contributed by atoms with E-state index in [1.807, 2.05) is 20.8 Å². The van der Waals surface area contributed by atoms with Crippen molar-refractivity contribution in [3.8, 4) is 0 Å². The first-order valence-electron chi connectivity index (χ1n) is 4.39. The molecule has 0 unspecified atom stereocenters. The number of furan rings is 1. The van der Waals surface area contributed by atoms with Crippen LogP contribution in [0.5, 0.6) is 0 Å². The third-order valence-corrected chi connectivity index (χ3v) is 1.77. The Kier molecular flexibility index (Phi) is 3.21. The molecule has 0 radical (unpaired) electrons. The molecule has 14 heavy (non-hydrogen) atoms. The summed E-state index contributed by atoms with van der Waals surface area (Å²) in [6, 6.07) is 3.32. The number of rotatable bonds is 2. The smallest absolute Gasteiger partial charge is 0.287 e. The molecule has 0 bridgehead atoms. The fourth-order valence-corrected chi connectivity index (χ4v) is 1.12. The fraction of sp³-hybridized carbons (Fsp3) is 0.500. The minimum Gasteiger partial charge on any atom is -0.455 e. The van der Waals surface area contributed by atoms with Crippen molar-refractivity contribution < 1.29 is 9.21 Å². The number of amides is 1. The largest absolute Gasteiger partial charge is 0.455 e. The van der Waals surface area contributed by atoms with Gasteiger partial charge in [0.15, 0.2) is 5.76 Å². The van der Waals surface area contributed by atoms with Crippen LogP contribution in [0.4, 0.5) is 0 Å². The van der Waals surface area contributed by atoms with E-state index in [-0.39, 0.29) is 17.3 Å². The van der Waals surface area contributed by atoms with Gasteiger partial charge in [0.25, 0.3) is 5.91 Å². The molecule has 1 aromatic rings. The van der Waals surface area contributed by atoms with Gasteiger partial charge in [0.05, 0.1) is 5.88 Å². The second-order valence-corrected chi connectivity index (χ2v) is 4.37. The maximum atomic E-state index is 11.5. The Morgan fingerprint density at radius 3 is 2.57 bits per heavy atom. The van der Waals surface area contributed by atoms with Crippen LogP contribution in [0.3, 0.4) is 0 Å². The van der Waals surface area contributed by atoms with Gasteiger partial charge in [-0.3, -0.25) is 4.79 Å². The van der Waals surface area contributed by atoms with Crippen LogP contribution in [0, 0.1) is 0 Å². The number of carbonyl (C=O) groups is 1. The molecule has 0 aliphatic heterocycles. The number of hydrogen-bond donors (Lipinski definition) is 1. The average molecular weight is 216 g/mol. The highest BCUT2D eigenvalue weighted by molar-refractivity contribution is 6.16. The van der Waals surface area contributed by atoms with Crippen LogP contribution >= 0.6 is 11.6 Å². The minimum absolute atomic E-state index is 0.214. The average Bonchev–Trinajstić information content (AvgIpc) is 2.48. The van der Waals surface area contributed by atoms with Gasteiger partial charge in [-0.05, 0) is 32.9 Å². The van der Waals surface area contributed by atoms with Crippen molar-refractivity contribution in [3.63, 3.8) is 0 Å². The van der Waals surface area contributed by atoms with E-state index in [4.69, 9.17) is 16.0 Å². The van der Waals surface area contributed by atoms with E-state index in [1.165, 1.54) is 0 Å². The number of alkyl halides is 1. The van der Waals surface area contributed by atoms with Crippen molar-refractivity contribution in [1.29, 1.82) is 0 Å². The van der Waals surface area contributed by atoms with Gasteiger partial charge in [0.1, 0.15) is 5.76 Å². The summed E-state index contributed by atoms with van der Waals surface area (Å²) in [5, 5.41) is 2.80. The summed E-state index contributed by atoms with van der Waals surface area (Å²) >= 11 is 5.55. The van der Waals surface area contributed by atoms with Crippen LogP contribution in [0.15, 0.2) is 16.5 Å². The normalized spacial score (nSPS) is 11.4. The molecule has 1 amide bonds. The van der Waals surface area contributed by atoms with Crippen LogP contribution in [0.2, 0.25) is 0 Å². The quantitative estimate of drug-likeness (QED) is 0.771. The Bertz CT molecular complexity index is 325. The van der Waals surface area contributed by atoms with Crippen LogP contribution < -0.4 is 5.32 Å². The number of nitrogens with one attached hydrogen (secondary N) is 1. The summed E-state index contributed by atoms with van der Waals surface area (Å²) in [7, 11) is 0. The van der Waals surface area contributed by atoms with Crippen LogP contribution in [-0.2, 0) is 5.88 Å². The molecular weight excluding hydrogens is 202 g/mol. The maximum absolute atomic E-state index is 11.5. The zero-order chi connectivity index (χ0) is 10.8. The lowest BCUT2D eigenvalue weighted by molar-refractivity contribution is 0.0889. The van der Waals surface area contributed by atoms with E-state index < -0.39 is 0 Å². The van der Waals surface area contributed by atoms with Gasteiger partial charge in [0, 0.05) is 5.54 Å². The molecule has 0 atom stereocenters. The van der Waals surface area contributed by atoms with Gasteiger partial charge < -0.3 is 9.73 Å². The summed E-state index contributed by atoms with van der Waals surface area (Å²) in [6.45, 7) is 5.74. The second kappa shape index (κ2) is 4.05. The molecule has 1 rings (SSSR count). The standard InChI is InChI=1S/C10H14ClNO2/c1-10(2,3)12-9(13)8-5-4-7(6-11)14-8/h4-5H,6H2,1-3H3,(H,12,13). The molecule has 0 fully saturated rings. The molecule has 1 N–H and O–H groups in total. The van der Waals surface area contributed by atoms with Crippen molar-refractivity contribution >= 4 is 17.5 Å². The minimum atomic E-state index is -0.259. The van der Waals surface area contributed by atoms with Crippen LogP contribution in [0.25, 0.3) is 0 Å². The summed E-state index contributed by atoms with van der Waals surface area (Å²) in [5.74, 6) is 0.971. The molecule has 0 aliphatic rings. The Morgan fingerprint density at radius 2 is 2.14 bits per heavy atom. The molecule has 0 saturated heterocycles. The van der Waals surface area contributed by atoms with E-state index in [2.05, 4.69) is 5.32 Å². The SMILES string of the molecule is CC(C)(C)NC(=O)c1ccc(CCl)o1. The maximum Gasteiger partial charge on any atom is 0.287 e. The first kappa shape index (κ1) is 11.1. The summed E-state index contributed by atoms with van der Waals surface area (Å²) in [6.07, 6.45) is 0. The predicted molar refractivity (Wildman–Crippen MR) is 55.5 cm³/mol. The Morgan fingerprint density at radius 1 is 1.50 bits per heavy atom. The first-order chi connectivity index (χ1) is 6.42. The van der Waals surface area contributed by atoms with Gasteiger partial charge in [-0.15, -0.1) is 11.6 Å². The Balaban J connectivity index is 2.70. The van der Waals surface area contributed by atoms with Crippen molar-refractivity contribution in [2.24, 2.45) is 0 Å². The summed E-state index contributed by atoms with van der Waals surface area (Å²) in [5.41, 5.74) is -0.259. The van der Waals surface area contributed by atoms with E-state index in [0.29, 0.717) is 11.5 Å². The molecule has 0 spiro atoms. The van der Waals surface area contributed by atoms with E-state index in [1.54, 1.807) is 12.1 Å². The molecule has 1 heterocycles. The Labute approximate surface area is 88.4 Å². The fourth-order valence-electron chi connectivity index (χ4n) is 0.974. The van der Waals surface area contributed by atoms with Gasteiger partial charge in [-0.1, -0.05) is 0 Å². The van der Waals surface area contributed by atoms with E-state index in [0.717, 1.165) is 0 Å². The lowest BCUT2D eigenvalue weighted by atomic mass is 10.1. The van der Waals surface area contributed by atoms with Crippen LogP contribution in [-0.4, -0.2) is 11.4 Å². The van der Waals surface area contributed by atoms with Crippen molar-refractivity contribution in [2.75, 3.05) is 0 Å². The Hall–Kier alpha value is -0.960. The topological polar surface area (TPSA) is 42.2 Å². The zero-order valence-corrected chi connectivity index (χ0v) is 9.31. The van der Waals surface area contributed by atoms with Crippen molar-refractivity contribution in [2.45, 2.75) is 32.2 Å². The summed E-state index contributed by atoms with van der Waals surface area (Å²) in [4.78, 5) is 11.5. The monoisotopic (exact) mass is 215 g/mol. The van der Waals surface area contributed by atoms with E-state index >= 15 is 0 Å². The number of hydrogen-bond acceptors (Lipinski definition) is 2. The lowest BCUT2D eigenvalue weighted by Gasteiger charge is -2.19. The third-order valence-electron chi connectivity index (χ3n) is 1.51. The third kappa shape index (κ3) is 3.07. The molecule has 1 aromatic heterocycles. The summed E-state index contributed by atoms with van der Waals surface area (Å²) < 4.78 is 5.20. The van der Waals surface area contributed by atoms with Crippen molar-refractivity contribution in [1.82, 2.24) is 5.32 Å². The molecule has 0 aromatic carbocycles. The highest BCUT2D eigenvalue weighted by Gasteiger charge is 2.17. The van der Waals surface area contributed by atoms with Gasteiger partial charge in [0.2, 0.25) is 0 Å².